The Hall–Kier alpha value is -4.03. The average molecular weight is 584 g/mol. The van der Waals surface area contributed by atoms with Crippen LogP contribution in [0.2, 0.25) is 0 Å². The summed E-state index contributed by atoms with van der Waals surface area (Å²) < 4.78 is 30.1. The van der Waals surface area contributed by atoms with E-state index in [4.69, 9.17) is 23.4 Å². The summed E-state index contributed by atoms with van der Waals surface area (Å²) in [6.07, 6.45) is 1.73. The van der Waals surface area contributed by atoms with Gasteiger partial charge in [0.05, 0.1) is 83.0 Å². The normalized spacial score (nSPS) is 17.8. The molecule has 0 amide bonds. The van der Waals surface area contributed by atoms with Gasteiger partial charge in [0.15, 0.2) is 22.2 Å². The molecule has 1 aromatic carbocycles. The van der Waals surface area contributed by atoms with Crippen LogP contribution in [0.25, 0.3) is 6.08 Å². The molecule has 0 aliphatic carbocycles. The Bertz CT molecular complexity index is 1640. The lowest BCUT2D eigenvalue weighted by molar-refractivity contribution is -0.880. The highest BCUT2D eigenvalue weighted by molar-refractivity contribution is 7.07. The third kappa shape index (κ3) is 5.36. The van der Waals surface area contributed by atoms with Crippen LogP contribution in [0.3, 0.4) is 0 Å². The summed E-state index contributed by atoms with van der Waals surface area (Å²) in [4.78, 5) is 36.0. The van der Waals surface area contributed by atoms with Crippen molar-refractivity contribution >= 4 is 29.3 Å². The third-order valence-electron chi connectivity index (χ3n) is 7.33. The summed E-state index contributed by atoms with van der Waals surface area (Å²) in [5.41, 5.74) is 1.01. The molecule has 0 unspecified atom stereocenters. The summed E-state index contributed by atoms with van der Waals surface area (Å²) >= 11 is 1.24. The van der Waals surface area contributed by atoms with Gasteiger partial charge in [0.25, 0.3) is 5.56 Å². The summed E-state index contributed by atoms with van der Waals surface area (Å²) in [5.74, 6) is 2.01. The molecule has 1 atom stereocenters. The first kappa shape index (κ1) is 28.5. The third-order valence-corrected chi connectivity index (χ3v) is 8.32. The van der Waals surface area contributed by atoms with Gasteiger partial charge in [0.1, 0.15) is 5.76 Å². The zero-order chi connectivity index (χ0) is 29.3. The highest BCUT2D eigenvalue weighted by Crippen LogP contribution is 2.42. The number of carbonyl (C=O) groups excluding carboxylic acids is 1. The zero-order valence-electron chi connectivity index (χ0n) is 24.1. The van der Waals surface area contributed by atoms with Crippen LogP contribution in [0.1, 0.15) is 31.2 Å². The second-order valence-electron chi connectivity index (χ2n) is 9.88. The van der Waals surface area contributed by atoms with E-state index in [1.165, 1.54) is 42.1 Å². The largest absolute Gasteiger partial charge is 0.493 e. The van der Waals surface area contributed by atoms with Crippen molar-refractivity contribution in [2.75, 3.05) is 66.1 Å². The Morgan fingerprint density at radius 3 is 2.44 bits per heavy atom. The van der Waals surface area contributed by atoms with E-state index in [1.54, 1.807) is 32.1 Å². The van der Waals surface area contributed by atoms with Gasteiger partial charge in [-0.15, -0.1) is 0 Å². The number of likely N-dealkylation sites (N-methyl/N-ethyl adjacent to an activating group) is 1. The Kier molecular flexibility index (Phi) is 8.22. The number of furan rings is 1. The first-order valence-corrected chi connectivity index (χ1v) is 14.3. The summed E-state index contributed by atoms with van der Waals surface area (Å²) in [5, 5.41) is 0. The van der Waals surface area contributed by atoms with Crippen molar-refractivity contribution in [2.24, 2.45) is 4.99 Å². The molecule has 4 heterocycles. The van der Waals surface area contributed by atoms with E-state index >= 15 is 0 Å². The molecule has 218 valence electrons. The number of anilines is 1. The van der Waals surface area contributed by atoms with Crippen LogP contribution >= 0.6 is 11.3 Å². The van der Waals surface area contributed by atoms with Crippen molar-refractivity contribution in [2.45, 2.75) is 19.9 Å². The van der Waals surface area contributed by atoms with Crippen LogP contribution in [0.4, 0.5) is 5.88 Å². The Morgan fingerprint density at radius 1 is 1.15 bits per heavy atom. The van der Waals surface area contributed by atoms with E-state index in [1.807, 2.05) is 12.1 Å². The number of carbonyl (C=O) groups is 1. The van der Waals surface area contributed by atoms with E-state index in [2.05, 4.69) is 16.9 Å². The van der Waals surface area contributed by atoms with Crippen molar-refractivity contribution < 1.29 is 33.1 Å². The molecule has 0 bridgehead atoms. The number of hydrogen-bond donors (Lipinski definition) is 1. The maximum Gasteiger partial charge on any atom is 0.338 e. The van der Waals surface area contributed by atoms with Gasteiger partial charge in [-0.05, 0) is 37.6 Å². The van der Waals surface area contributed by atoms with Crippen LogP contribution in [0.5, 0.6) is 17.2 Å². The predicted octanol–water partition coefficient (Wildman–Crippen LogP) is 0.752. The molecular formula is C29H35N4O7S+. The maximum atomic E-state index is 14.0. The molecule has 2 aromatic heterocycles. The van der Waals surface area contributed by atoms with Gasteiger partial charge in [-0.25, -0.2) is 9.79 Å². The number of aromatic nitrogens is 1. The predicted molar refractivity (Wildman–Crippen MR) is 154 cm³/mol. The van der Waals surface area contributed by atoms with Gasteiger partial charge < -0.3 is 33.2 Å². The lowest BCUT2D eigenvalue weighted by atomic mass is 9.95. The minimum atomic E-state index is -0.832. The monoisotopic (exact) mass is 583 g/mol. The summed E-state index contributed by atoms with van der Waals surface area (Å²) in [6, 6.07) is 6.44. The molecule has 12 heteroatoms. The van der Waals surface area contributed by atoms with Crippen molar-refractivity contribution in [1.82, 2.24) is 4.57 Å². The minimum absolute atomic E-state index is 0.178. The molecule has 0 saturated carbocycles. The van der Waals surface area contributed by atoms with E-state index in [9.17, 15) is 9.59 Å². The van der Waals surface area contributed by atoms with Gasteiger partial charge in [-0.3, -0.25) is 9.36 Å². The van der Waals surface area contributed by atoms with Crippen molar-refractivity contribution in [3.8, 4) is 17.2 Å². The van der Waals surface area contributed by atoms with E-state index in [0.717, 1.165) is 32.1 Å². The number of thiazole rings is 1. The number of allylic oxidation sites excluding steroid dienone is 1. The molecule has 11 nitrogen and oxygen atoms in total. The van der Waals surface area contributed by atoms with Gasteiger partial charge in [0.2, 0.25) is 5.75 Å². The molecule has 41 heavy (non-hydrogen) atoms. The number of quaternary nitrogens is 1. The molecular weight excluding hydrogens is 548 g/mol. The molecule has 0 spiro atoms. The number of nitrogens with zero attached hydrogens (tertiary/aromatic N) is 3. The lowest BCUT2D eigenvalue weighted by Crippen LogP contribution is -3.12. The molecule has 1 N–H and O–H groups in total. The quantitative estimate of drug-likeness (QED) is 0.387. The lowest BCUT2D eigenvalue weighted by Gasteiger charge is -2.29. The first-order valence-electron chi connectivity index (χ1n) is 13.4. The molecule has 0 radical (unpaired) electrons. The number of methoxy groups -OCH3 is 3. The number of nitrogens with one attached hydrogen (secondary N) is 1. The van der Waals surface area contributed by atoms with E-state index < -0.39 is 12.0 Å². The average Bonchev–Trinajstić information content (AvgIpc) is 3.56. The summed E-state index contributed by atoms with van der Waals surface area (Å²) in [7, 11) is 6.73. The molecule has 1 saturated heterocycles. The molecule has 2 aliphatic rings. The minimum Gasteiger partial charge on any atom is -0.493 e. The fraction of sp³-hybridized carbons (Fsp3) is 0.414. The molecule has 5 rings (SSSR count). The first-order chi connectivity index (χ1) is 19.8. The number of piperazine rings is 1. The standard InChI is InChI=1S/C29H34N4O7S/c1-7-39-28(35)24-17(2)30-29-33(25(24)18-14-20(36-4)26(38-6)21(15-18)37-5)27(34)22(41-29)16-19-8-9-23(40-19)32-12-10-31(3)11-13-32/h8-9,14-16,25H,7,10-13H2,1-6H3/p+1/b22-16+/t25-/m1/s1. The Morgan fingerprint density at radius 2 is 1.83 bits per heavy atom. The van der Waals surface area contributed by atoms with Gasteiger partial charge >= 0.3 is 5.97 Å². The number of fused-ring (bicyclic) bond motifs is 1. The van der Waals surface area contributed by atoms with Gasteiger partial charge in [-0.1, -0.05) is 11.3 Å². The number of hydrogen-bond acceptors (Lipinski definition) is 10. The van der Waals surface area contributed by atoms with Crippen molar-refractivity contribution in [1.29, 1.82) is 0 Å². The Labute approximate surface area is 241 Å². The second kappa shape index (κ2) is 11.8. The SMILES string of the molecule is CCOC(=O)C1=C(C)N=c2s/c(=C/c3ccc(N4CC[NH+](C)CC4)o3)c(=O)n2[C@@H]1c1cc(OC)c(OC)c(OC)c1. The molecule has 1 fully saturated rings. The van der Waals surface area contributed by atoms with Crippen LogP contribution in [-0.4, -0.2) is 71.7 Å². The van der Waals surface area contributed by atoms with Crippen LogP contribution in [-0.2, 0) is 9.53 Å². The van der Waals surface area contributed by atoms with Crippen molar-refractivity contribution in [3.63, 3.8) is 0 Å². The second-order valence-corrected chi connectivity index (χ2v) is 10.9. The number of benzene rings is 1. The number of rotatable bonds is 8. The Balaban J connectivity index is 1.64. The highest BCUT2D eigenvalue weighted by atomic mass is 32.1. The van der Waals surface area contributed by atoms with Crippen LogP contribution in [0, 0.1) is 0 Å². The molecule has 2 aliphatic heterocycles. The smallest absolute Gasteiger partial charge is 0.338 e. The number of esters is 1. The molecule has 3 aromatic rings. The maximum absolute atomic E-state index is 14.0. The highest BCUT2D eigenvalue weighted by Gasteiger charge is 2.35. The van der Waals surface area contributed by atoms with E-state index in [-0.39, 0.29) is 17.7 Å². The van der Waals surface area contributed by atoms with Crippen molar-refractivity contribution in [3.05, 3.63) is 66.5 Å². The fourth-order valence-electron chi connectivity index (χ4n) is 5.19. The topological polar surface area (TPSA) is 109 Å². The van der Waals surface area contributed by atoms with Crippen LogP contribution in [0.15, 0.2) is 49.7 Å². The van der Waals surface area contributed by atoms with Crippen LogP contribution < -0.4 is 38.9 Å². The van der Waals surface area contributed by atoms with Gasteiger partial charge in [-0.2, -0.15) is 0 Å². The van der Waals surface area contributed by atoms with E-state index in [0.29, 0.717) is 43.6 Å². The summed E-state index contributed by atoms with van der Waals surface area (Å²) in [6.45, 7) is 7.55. The van der Waals surface area contributed by atoms with Gasteiger partial charge in [0, 0.05) is 12.1 Å². The number of ether oxygens (including phenoxy) is 4. The fourth-order valence-corrected chi connectivity index (χ4v) is 6.22. The zero-order valence-corrected chi connectivity index (χ0v) is 24.9.